The van der Waals surface area contributed by atoms with Gasteiger partial charge in [-0.15, -0.1) is 0 Å². The van der Waals surface area contributed by atoms with Crippen molar-refractivity contribution in [1.29, 1.82) is 0 Å². The molecule has 1 aliphatic heterocycles. The van der Waals surface area contributed by atoms with Gasteiger partial charge in [-0.05, 0) is 30.2 Å². The van der Waals surface area contributed by atoms with Gasteiger partial charge in [0, 0.05) is 24.7 Å². The van der Waals surface area contributed by atoms with Crippen LogP contribution in [0.3, 0.4) is 0 Å². The summed E-state index contributed by atoms with van der Waals surface area (Å²) < 4.78 is 0. The third-order valence-corrected chi connectivity index (χ3v) is 4.01. The third kappa shape index (κ3) is 2.70. The van der Waals surface area contributed by atoms with Crippen LogP contribution < -0.4 is 5.73 Å². The maximum absolute atomic E-state index is 12.5. The molecule has 1 fully saturated rings. The number of hydrogen-bond acceptors (Lipinski definition) is 3. The van der Waals surface area contributed by atoms with Crippen molar-refractivity contribution in [1.82, 2.24) is 4.90 Å². The molecule has 4 nitrogen and oxygen atoms in total. The molecule has 0 spiro atoms. The predicted molar refractivity (Wildman–Crippen MR) is 82.2 cm³/mol. The Hall–Kier alpha value is -2.49. The van der Waals surface area contributed by atoms with E-state index in [1.54, 1.807) is 6.07 Å². The summed E-state index contributed by atoms with van der Waals surface area (Å²) >= 11 is 0. The van der Waals surface area contributed by atoms with Gasteiger partial charge in [-0.1, -0.05) is 30.3 Å². The van der Waals surface area contributed by atoms with Gasteiger partial charge in [-0.25, -0.2) is 0 Å². The quantitative estimate of drug-likeness (QED) is 0.657. The highest BCUT2D eigenvalue weighted by Gasteiger charge is 2.28. The fourth-order valence-corrected chi connectivity index (χ4v) is 2.84. The summed E-state index contributed by atoms with van der Waals surface area (Å²) in [5, 5.41) is 9.53. The number of amides is 1. The molecule has 1 heterocycles. The van der Waals surface area contributed by atoms with Crippen LogP contribution in [0.5, 0.6) is 5.75 Å². The second kappa shape index (κ2) is 5.48. The molecule has 0 aromatic heterocycles. The van der Waals surface area contributed by atoms with Gasteiger partial charge in [0.25, 0.3) is 5.91 Å². The Labute approximate surface area is 123 Å². The van der Waals surface area contributed by atoms with Crippen LogP contribution in [-0.4, -0.2) is 29.0 Å². The summed E-state index contributed by atoms with van der Waals surface area (Å²) in [5.74, 6) is 0.321. The first-order chi connectivity index (χ1) is 10.1. The lowest BCUT2D eigenvalue weighted by atomic mass is 9.99. The number of nitrogens with zero attached hydrogens (tertiary/aromatic N) is 1. The molecular formula is C17H18N2O2. The van der Waals surface area contributed by atoms with E-state index in [4.69, 9.17) is 5.73 Å². The van der Waals surface area contributed by atoms with Crippen molar-refractivity contribution in [3.63, 3.8) is 0 Å². The number of phenolic OH excluding ortho intramolecular Hbond substituents is 1. The lowest BCUT2D eigenvalue weighted by molar-refractivity contribution is 0.0791. The van der Waals surface area contributed by atoms with E-state index in [0.717, 1.165) is 6.42 Å². The van der Waals surface area contributed by atoms with Crippen molar-refractivity contribution < 1.29 is 9.90 Å². The molecule has 108 valence electrons. The minimum absolute atomic E-state index is 0.0614. The molecule has 1 atom stereocenters. The molecule has 21 heavy (non-hydrogen) atoms. The number of benzene rings is 2. The maximum Gasteiger partial charge on any atom is 0.256 e. The molecule has 0 bridgehead atoms. The van der Waals surface area contributed by atoms with E-state index in [-0.39, 0.29) is 11.7 Å². The Morgan fingerprint density at radius 3 is 2.71 bits per heavy atom. The standard InChI is InChI=1S/C17H18N2O2/c18-16-7-6-14(20)10-15(16)17(21)19-9-8-13(11-19)12-4-2-1-3-5-12/h1-7,10,13,20H,8-9,11,18H2. The van der Waals surface area contributed by atoms with Crippen LogP contribution in [-0.2, 0) is 0 Å². The summed E-state index contributed by atoms with van der Waals surface area (Å²) in [7, 11) is 0. The number of phenols is 1. The van der Waals surface area contributed by atoms with Gasteiger partial charge in [0.2, 0.25) is 0 Å². The SMILES string of the molecule is Nc1ccc(O)cc1C(=O)N1CCC(c2ccccc2)C1. The number of likely N-dealkylation sites (tertiary alicyclic amines) is 1. The number of aromatic hydroxyl groups is 1. The normalized spacial score (nSPS) is 17.9. The monoisotopic (exact) mass is 282 g/mol. The summed E-state index contributed by atoms with van der Waals surface area (Å²) in [5.41, 5.74) is 7.89. The zero-order chi connectivity index (χ0) is 14.8. The third-order valence-electron chi connectivity index (χ3n) is 4.01. The zero-order valence-corrected chi connectivity index (χ0v) is 11.7. The molecule has 0 aliphatic carbocycles. The van der Waals surface area contributed by atoms with Gasteiger partial charge in [0.05, 0.1) is 5.56 Å². The largest absolute Gasteiger partial charge is 0.508 e. The number of anilines is 1. The van der Waals surface area contributed by atoms with E-state index in [0.29, 0.717) is 30.3 Å². The van der Waals surface area contributed by atoms with Crippen LogP contribution in [0.4, 0.5) is 5.69 Å². The minimum atomic E-state index is -0.109. The number of carbonyl (C=O) groups excluding carboxylic acids is 1. The van der Waals surface area contributed by atoms with Gasteiger partial charge >= 0.3 is 0 Å². The smallest absolute Gasteiger partial charge is 0.256 e. The lowest BCUT2D eigenvalue weighted by Gasteiger charge is -2.18. The van der Waals surface area contributed by atoms with Crippen molar-refractivity contribution in [2.24, 2.45) is 0 Å². The Morgan fingerprint density at radius 2 is 1.95 bits per heavy atom. The second-order valence-corrected chi connectivity index (χ2v) is 5.42. The first-order valence-corrected chi connectivity index (χ1v) is 7.08. The van der Waals surface area contributed by atoms with Crippen LogP contribution in [0.1, 0.15) is 28.3 Å². The van der Waals surface area contributed by atoms with E-state index in [1.165, 1.54) is 17.7 Å². The van der Waals surface area contributed by atoms with Crippen molar-refractivity contribution >= 4 is 11.6 Å². The molecule has 0 radical (unpaired) electrons. The Bertz CT molecular complexity index is 655. The second-order valence-electron chi connectivity index (χ2n) is 5.42. The van der Waals surface area contributed by atoms with Gasteiger partial charge in [-0.2, -0.15) is 0 Å². The first kappa shape index (κ1) is 13.5. The predicted octanol–water partition coefficient (Wildman–Crippen LogP) is 2.60. The number of nitrogens with two attached hydrogens (primary N) is 1. The molecule has 3 rings (SSSR count). The fourth-order valence-electron chi connectivity index (χ4n) is 2.84. The van der Waals surface area contributed by atoms with Crippen molar-refractivity contribution in [2.75, 3.05) is 18.8 Å². The highest BCUT2D eigenvalue weighted by molar-refractivity contribution is 5.99. The molecule has 1 unspecified atom stereocenters. The highest BCUT2D eigenvalue weighted by atomic mass is 16.3. The molecule has 2 aromatic carbocycles. The number of nitrogen functional groups attached to an aromatic ring is 1. The number of carbonyl (C=O) groups is 1. The van der Waals surface area contributed by atoms with E-state index in [1.807, 2.05) is 23.1 Å². The molecular weight excluding hydrogens is 264 g/mol. The molecule has 1 amide bonds. The average molecular weight is 282 g/mol. The fraction of sp³-hybridized carbons (Fsp3) is 0.235. The minimum Gasteiger partial charge on any atom is -0.508 e. The lowest BCUT2D eigenvalue weighted by Crippen LogP contribution is -2.29. The molecule has 4 heteroatoms. The molecule has 1 saturated heterocycles. The Balaban J connectivity index is 1.77. The van der Waals surface area contributed by atoms with Crippen LogP contribution in [0, 0.1) is 0 Å². The molecule has 2 aromatic rings. The Kier molecular flexibility index (Phi) is 3.52. The van der Waals surface area contributed by atoms with Crippen molar-refractivity contribution in [3.05, 3.63) is 59.7 Å². The topological polar surface area (TPSA) is 66.6 Å². The van der Waals surface area contributed by atoms with Gasteiger partial charge in [-0.3, -0.25) is 4.79 Å². The van der Waals surface area contributed by atoms with Gasteiger partial charge < -0.3 is 15.7 Å². The maximum atomic E-state index is 12.5. The summed E-state index contributed by atoms with van der Waals surface area (Å²) in [6.45, 7) is 1.41. The van der Waals surface area contributed by atoms with E-state index < -0.39 is 0 Å². The summed E-state index contributed by atoms with van der Waals surface area (Å²) in [6, 6.07) is 14.7. The Morgan fingerprint density at radius 1 is 1.19 bits per heavy atom. The summed E-state index contributed by atoms with van der Waals surface area (Å²) in [4.78, 5) is 14.3. The van der Waals surface area contributed by atoms with Crippen LogP contribution >= 0.6 is 0 Å². The highest BCUT2D eigenvalue weighted by Crippen LogP contribution is 2.29. The van der Waals surface area contributed by atoms with E-state index in [2.05, 4.69) is 12.1 Å². The van der Waals surface area contributed by atoms with Gasteiger partial charge in [0.1, 0.15) is 5.75 Å². The molecule has 1 aliphatic rings. The van der Waals surface area contributed by atoms with Crippen LogP contribution in [0.15, 0.2) is 48.5 Å². The molecule has 3 N–H and O–H groups in total. The number of hydrogen-bond donors (Lipinski definition) is 2. The van der Waals surface area contributed by atoms with Crippen LogP contribution in [0.2, 0.25) is 0 Å². The van der Waals surface area contributed by atoms with E-state index >= 15 is 0 Å². The van der Waals surface area contributed by atoms with Crippen molar-refractivity contribution in [2.45, 2.75) is 12.3 Å². The van der Waals surface area contributed by atoms with Crippen molar-refractivity contribution in [3.8, 4) is 5.75 Å². The average Bonchev–Trinajstić information content (AvgIpc) is 3.00. The molecule has 0 saturated carbocycles. The van der Waals surface area contributed by atoms with Crippen LogP contribution in [0.25, 0.3) is 0 Å². The van der Waals surface area contributed by atoms with E-state index in [9.17, 15) is 9.90 Å². The first-order valence-electron chi connectivity index (χ1n) is 7.08. The number of rotatable bonds is 2. The zero-order valence-electron chi connectivity index (χ0n) is 11.7. The summed E-state index contributed by atoms with van der Waals surface area (Å²) in [6.07, 6.45) is 0.953. The van der Waals surface area contributed by atoms with Gasteiger partial charge in [0.15, 0.2) is 0 Å².